The van der Waals surface area contributed by atoms with Crippen LogP contribution in [0.5, 0.6) is 17.4 Å². The van der Waals surface area contributed by atoms with Crippen LogP contribution in [0.1, 0.15) is 5.56 Å². The number of nitrogens with zero attached hydrogens (tertiary/aromatic N) is 2. The highest BCUT2D eigenvalue weighted by Crippen LogP contribution is 2.32. The van der Waals surface area contributed by atoms with E-state index in [-0.39, 0.29) is 11.4 Å². The Bertz CT molecular complexity index is 661. The molecular weight excluding hydrogens is 328 g/mol. The number of nitro benzene ring substituents is 1. The van der Waals surface area contributed by atoms with Crippen molar-refractivity contribution >= 4 is 21.6 Å². The molecule has 1 aromatic carbocycles. The number of ether oxygens (including phenoxy) is 2. The number of benzene rings is 1. The summed E-state index contributed by atoms with van der Waals surface area (Å²) in [5.74, 6) is 0.874. The first-order chi connectivity index (χ1) is 9.51. The van der Waals surface area contributed by atoms with Crippen molar-refractivity contribution in [2.24, 2.45) is 0 Å². The standard InChI is InChI=1S/C13H11BrN2O4/c1-8-5-13(15-7-10(8)14)20-9-3-4-12(19-2)11(6-9)16(17)18/h3-7H,1-2H3. The lowest BCUT2D eigenvalue weighted by Gasteiger charge is -2.07. The molecule has 0 saturated heterocycles. The van der Waals surface area contributed by atoms with Crippen molar-refractivity contribution < 1.29 is 14.4 Å². The second-order valence-corrected chi connectivity index (χ2v) is 4.82. The third kappa shape index (κ3) is 3.05. The summed E-state index contributed by atoms with van der Waals surface area (Å²) < 4.78 is 11.3. The molecule has 0 atom stereocenters. The summed E-state index contributed by atoms with van der Waals surface area (Å²) in [6.45, 7) is 1.90. The van der Waals surface area contributed by atoms with Crippen LogP contribution in [0.2, 0.25) is 0 Å². The molecule has 1 aromatic heterocycles. The molecule has 0 saturated carbocycles. The van der Waals surface area contributed by atoms with Crippen LogP contribution in [0.3, 0.4) is 0 Å². The average Bonchev–Trinajstić information content (AvgIpc) is 2.43. The molecule has 0 spiro atoms. The zero-order chi connectivity index (χ0) is 14.7. The van der Waals surface area contributed by atoms with Crippen LogP contribution >= 0.6 is 15.9 Å². The van der Waals surface area contributed by atoms with Gasteiger partial charge in [0.2, 0.25) is 5.88 Å². The number of aromatic nitrogens is 1. The van der Waals surface area contributed by atoms with Gasteiger partial charge in [0.25, 0.3) is 0 Å². The second-order valence-electron chi connectivity index (χ2n) is 3.96. The SMILES string of the molecule is COc1ccc(Oc2cc(C)c(Br)cn2)cc1[N+](=O)[O-]. The number of rotatable bonds is 4. The summed E-state index contributed by atoms with van der Waals surface area (Å²) in [5, 5.41) is 10.9. The number of hydrogen-bond donors (Lipinski definition) is 0. The maximum Gasteiger partial charge on any atom is 0.314 e. The maximum atomic E-state index is 10.9. The minimum Gasteiger partial charge on any atom is -0.490 e. The van der Waals surface area contributed by atoms with Gasteiger partial charge in [-0.25, -0.2) is 4.98 Å². The van der Waals surface area contributed by atoms with E-state index in [2.05, 4.69) is 20.9 Å². The van der Waals surface area contributed by atoms with Crippen molar-refractivity contribution in [1.29, 1.82) is 0 Å². The predicted octanol–water partition coefficient (Wildman–Crippen LogP) is 3.86. The molecule has 20 heavy (non-hydrogen) atoms. The summed E-state index contributed by atoms with van der Waals surface area (Å²) in [6.07, 6.45) is 1.61. The Morgan fingerprint density at radius 2 is 2.10 bits per heavy atom. The molecule has 0 aliphatic heterocycles. The van der Waals surface area contributed by atoms with Gasteiger partial charge in [-0.1, -0.05) is 0 Å². The Kier molecular flexibility index (Phi) is 4.19. The summed E-state index contributed by atoms with van der Waals surface area (Å²) in [6, 6.07) is 6.11. The third-order valence-corrected chi connectivity index (χ3v) is 3.42. The van der Waals surface area contributed by atoms with Crippen molar-refractivity contribution in [3.8, 4) is 17.4 Å². The second kappa shape index (κ2) is 5.87. The lowest BCUT2D eigenvalue weighted by molar-refractivity contribution is -0.385. The lowest BCUT2D eigenvalue weighted by Crippen LogP contribution is -1.95. The fourth-order valence-corrected chi connectivity index (χ4v) is 1.78. The van der Waals surface area contributed by atoms with E-state index in [0.29, 0.717) is 11.6 Å². The molecule has 0 aliphatic rings. The minimum atomic E-state index is -0.522. The van der Waals surface area contributed by atoms with Crippen LogP contribution in [-0.2, 0) is 0 Å². The van der Waals surface area contributed by atoms with Gasteiger partial charge in [0, 0.05) is 16.7 Å². The van der Waals surface area contributed by atoms with E-state index in [9.17, 15) is 10.1 Å². The van der Waals surface area contributed by atoms with Crippen molar-refractivity contribution in [3.05, 3.63) is 50.6 Å². The number of halogens is 1. The van der Waals surface area contributed by atoms with Crippen LogP contribution < -0.4 is 9.47 Å². The van der Waals surface area contributed by atoms with Crippen LogP contribution in [0.25, 0.3) is 0 Å². The molecule has 0 radical (unpaired) electrons. The largest absolute Gasteiger partial charge is 0.490 e. The smallest absolute Gasteiger partial charge is 0.314 e. The van der Waals surface area contributed by atoms with Crippen LogP contribution in [0, 0.1) is 17.0 Å². The highest BCUT2D eigenvalue weighted by atomic mass is 79.9. The normalized spacial score (nSPS) is 10.2. The molecule has 0 amide bonds. The van der Waals surface area contributed by atoms with Gasteiger partial charge in [-0.05, 0) is 40.5 Å². The first kappa shape index (κ1) is 14.3. The molecule has 1 heterocycles. The van der Waals surface area contributed by atoms with Gasteiger partial charge in [0.05, 0.1) is 18.1 Å². The molecular formula is C13H11BrN2O4. The van der Waals surface area contributed by atoms with E-state index in [1.807, 2.05) is 6.92 Å². The van der Waals surface area contributed by atoms with Crippen molar-refractivity contribution in [2.75, 3.05) is 7.11 Å². The predicted molar refractivity (Wildman–Crippen MR) is 76.4 cm³/mol. The zero-order valence-corrected chi connectivity index (χ0v) is 12.4. The highest BCUT2D eigenvalue weighted by molar-refractivity contribution is 9.10. The topological polar surface area (TPSA) is 74.5 Å². The lowest BCUT2D eigenvalue weighted by atomic mass is 10.2. The highest BCUT2D eigenvalue weighted by Gasteiger charge is 2.16. The zero-order valence-electron chi connectivity index (χ0n) is 10.8. The monoisotopic (exact) mass is 338 g/mol. The quantitative estimate of drug-likeness (QED) is 0.625. The van der Waals surface area contributed by atoms with Gasteiger partial charge in [-0.15, -0.1) is 0 Å². The molecule has 0 N–H and O–H groups in total. The Labute approximate surface area is 123 Å². The molecule has 104 valence electrons. The first-order valence-corrected chi connectivity index (χ1v) is 6.43. The van der Waals surface area contributed by atoms with Gasteiger partial charge in [-0.3, -0.25) is 10.1 Å². The van der Waals surface area contributed by atoms with Gasteiger partial charge < -0.3 is 9.47 Å². The number of aryl methyl sites for hydroxylation is 1. The Hall–Kier alpha value is -2.15. The van der Waals surface area contributed by atoms with Gasteiger partial charge in [-0.2, -0.15) is 0 Å². The van der Waals surface area contributed by atoms with Crippen LogP contribution in [-0.4, -0.2) is 17.0 Å². The summed E-state index contributed by atoms with van der Waals surface area (Å²) in [5.41, 5.74) is 0.803. The summed E-state index contributed by atoms with van der Waals surface area (Å²) in [7, 11) is 1.38. The van der Waals surface area contributed by atoms with E-state index in [1.54, 1.807) is 18.3 Å². The number of nitro groups is 1. The first-order valence-electron chi connectivity index (χ1n) is 5.63. The Morgan fingerprint density at radius 3 is 2.70 bits per heavy atom. The Balaban J connectivity index is 2.31. The van der Waals surface area contributed by atoms with Crippen LogP contribution in [0.15, 0.2) is 34.9 Å². The average molecular weight is 339 g/mol. The summed E-state index contributed by atoms with van der Waals surface area (Å²) >= 11 is 3.34. The third-order valence-electron chi connectivity index (χ3n) is 2.59. The molecule has 0 bridgehead atoms. The van der Waals surface area contributed by atoms with E-state index < -0.39 is 4.92 Å². The molecule has 6 nitrogen and oxygen atoms in total. The minimum absolute atomic E-state index is 0.154. The van der Waals surface area contributed by atoms with Crippen molar-refractivity contribution in [1.82, 2.24) is 4.98 Å². The van der Waals surface area contributed by atoms with Gasteiger partial charge >= 0.3 is 5.69 Å². The molecule has 0 fully saturated rings. The maximum absolute atomic E-state index is 10.9. The van der Waals surface area contributed by atoms with Gasteiger partial charge in [0.1, 0.15) is 5.75 Å². The Morgan fingerprint density at radius 1 is 1.35 bits per heavy atom. The fraction of sp³-hybridized carbons (Fsp3) is 0.154. The molecule has 0 aliphatic carbocycles. The summed E-state index contributed by atoms with van der Waals surface area (Å²) in [4.78, 5) is 14.5. The van der Waals surface area contributed by atoms with Crippen molar-refractivity contribution in [2.45, 2.75) is 6.92 Å². The molecule has 0 unspecified atom stereocenters. The fourth-order valence-electron chi connectivity index (χ4n) is 1.57. The molecule has 2 aromatic rings. The number of methoxy groups -OCH3 is 1. The van der Waals surface area contributed by atoms with E-state index in [0.717, 1.165) is 10.0 Å². The van der Waals surface area contributed by atoms with Crippen LogP contribution in [0.4, 0.5) is 5.69 Å². The van der Waals surface area contributed by atoms with E-state index in [1.165, 1.54) is 19.2 Å². The molecule has 2 rings (SSSR count). The van der Waals surface area contributed by atoms with Gasteiger partial charge in [0.15, 0.2) is 5.75 Å². The van der Waals surface area contributed by atoms with E-state index in [4.69, 9.17) is 9.47 Å². The van der Waals surface area contributed by atoms with Crippen molar-refractivity contribution in [3.63, 3.8) is 0 Å². The van der Waals surface area contributed by atoms with E-state index >= 15 is 0 Å². The number of pyridine rings is 1. The number of hydrogen-bond acceptors (Lipinski definition) is 5. The molecule has 7 heteroatoms.